The fraction of sp³-hybridized carbons (Fsp3) is 0.100. The van der Waals surface area contributed by atoms with Crippen molar-refractivity contribution in [3.05, 3.63) is 77.9 Å². The van der Waals surface area contributed by atoms with Gasteiger partial charge in [-0.05, 0) is 41.5 Å². The third kappa shape index (κ3) is 4.35. The standard InChI is InChI=1S/C20H20N4O/c1-14(23-24-20(21)22)17-7-4-8-19(12-17)25-13-15-9-10-16-5-2-3-6-18(16)11-15/h2-12H,13H2,1H3,(H4,21,22,24)/b23-14-. The number of ether oxygens (including phenoxy) is 1. The summed E-state index contributed by atoms with van der Waals surface area (Å²) in [4.78, 5) is 0. The van der Waals surface area contributed by atoms with Gasteiger partial charge in [0.25, 0.3) is 0 Å². The van der Waals surface area contributed by atoms with Crippen LogP contribution < -0.4 is 15.9 Å². The first kappa shape index (κ1) is 16.5. The van der Waals surface area contributed by atoms with Gasteiger partial charge in [-0.15, -0.1) is 0 Å². The van der Waals surface area contributed by atoms with E-state index in [0.29, 0.717) is 6.61 Å². The van der Waals surface area contributed by atoms with E-state index in [9.17, 15) is 0 Å². The molecule has 0 atom stereocenters. The maximum absolute atomic E-state index is 7.15. The third-order valence-electron chi connectivity index (χ3n) is 3.82. The summed E-state index contributed by atoms with van der Waals surface area (Å²) < 4.78 is 5.92. The quantitative estimate of drug-likeness (QED) is 0.379. The van der Waals surface area contributed by atoms with Gasteiger partial charge in [0.1, 0.15) is 12.4 Å². The number of fused-ring (bicyclic) bond motifs is 1. The molecule has 0 bridgehead atoms. The molecule has 0 aliphatic heterocycles. The lowest BCUT2D eigenvalue weighted by atomic mass is 10.1. The first-order valence-electron chi connectivity index (χ1n) is 7.97. The van der Waals surface area contributed by atoms with Gasteiger partial charge in [0.2, 0.25) is 5.96 Å². The highest BCUT2D eigenvalue weighted by Gasteiger charge is 2.02. The Morgan fingerprint density at radius 1 is 1.04 bits per heavy atom. The van der Waals surface area contributed by atoms with E-state index in [1.165, 1.54) is 10.8 Å². The third-order valence-corrected chi connectivity index (χ3v) is 3.82. The van der Waals surface area contributed by atoms with Crippen LogP contribution in [0.3, 0.4) is 0 Å². The second kappa shape index (κ2) is 7.49. The van der Waals surface area contributed by atoms with Gasteiger partial charge >= 0.3 is 0 Å². The summed E-state index contributed by atoms with van der Waals surface area (Å²) in [5, 5.41) is 13.6. The molecule has 0 aromatic heterocycles. The van der Waals surface area contributed by atoms with Crippen molar-refractivity contribution in [2.75, 3.05) is 0 Å². The van der Waals surface area contributed by atoms with Crippen molar-refractivity contribution in [3.8, 4) is 5.75 Å². The zero-order valence-electron chi connectivity index (χ0n) is 14.0. The van der Waals surface area contributed by atoms with Crippen LogP contribution in [-0.2, 0) is 6.61 Å². The maximum Gasteiger partial charge on any atom is 0.206 e. The van der Waals surface area contributed by atoms with E-state index in [0.717, 1.165) is 22.6 Å². The minimum absolute atomic E-state index is 0.192. The molecule has 0 aliphatic carbocycles. The van der Waals surface area contributed by atoms with Gasteiger partial charge in [0.05, 0.1) is 5.71 Å². The summed E-state index contributed by atoms with van der Waals surface area (Å²) in [6.07, 6.45) is 0. The molecule has 5 nitrogen and oxygen atoms in total. The van der Waals surface area contributed by atoms with E-state index in [1.807, 2.05) is 43.3 Å². The van der Waals surface area contributed by atoms with Crippen molar-refractivity contribution in [1.29, 1.82) is 5.41 Å². The van der Waals surface area contributed by atoms with Crippen LogP contribution in [0.1, 0.15) is 18.1 Å². The maximum atomic E-state index is 7.15. The van der Waals surface area contributed by atoms with Crippen LogP contribution in [0.25, 0.3) is 10.8 Å². The lowest BCUT2D eigenvalue weighted by Crippen LogP contribution is -2.26. The highest BCUT2D eigenvalue weighted by atomic mass is 16.5. The zero-order valence-corrected chi connectivity index (χ0v) is 14.0. The van der Waals surface area contributed by atoms with Crippen LogP contribution in [0.15, 0.2) is 71.8 Å². The van der Waals surface area contributed by atoms with Crippen LogP contribution in [-0.4, -0.2) is 11.7 Å². The largest absolute Gasteiger partial charge is 0.489 e. The molecule has 0 spiro atoms. The number of guanidine groups is 1. The van der Waals surface area contributed by atoms with Crippen LogP contribution >= 0.6 is 0 Å². The van der Waals surface area contributed by atoms with Gasteiger partial charge in [0.15, 0.2) is 0 Å². The minimum atomic E-state index is -0.192. The number of benzene rings is 3. The molecule has 0 saturated carbocycles. The van der Waals surface area contributed by atoms with Gasteiger partial charge in [0, 0.05) is 5.56 Å². The number of nitrogens with one attached hydrogen (secondary N) is 2. The van der Waals surface area contributed by atoms with Crippen molar-refractivity contribution in [2.45, 2.75) is 13.5 Å². The molecule has 0 heterocycles. The first-order valence-corrected chi connectivity index (χ1v) is 7.97. The number of nitrogens with zero attached hydrogens (tertiary/aromatic N) is 1. The van der Waals surface area contributed by atoms with Crippen molar-refractivity contribution < 1.29 is 4.74 Å². The van der Waals surface area contributed by atoms with Crippen molar-refractivity contribution in [3.63, 3.8) is 0 Å². The fourth-order valence-electron chi connectivity index (χ4n) is 2.51. The highest BCUT2D eigenvalue weighted by Crippen LogP contribution is 2.19. The topological polar surface area (TPSA) is 83.5 Å². The molecule has 3 rings (SSSR count). The normalized spacial score (nSPS) is 11.3. The molecule has 0 amide bonds. The first-order chi connectivity index (χ1) is 12.1. The van der Waals surface area contributed by atoms with E-state index >= 15 is 0 Å². The van der Waals surface area contributed by atoms with Crippen molar-refractivity contribution in [2.24, 2.45) is 10.8 Å². The van der Waals surface area contributed by atoms with Crippen molar-refractivity contribution >= 4 is 22.4 Å². The number of hydrogen-bond donors (Lipinski definition) is 3. The van der Waals surface area contributed by atoms with Gasteiger partial charge in [-0.2, -0.15) is 5.10 Å². The van der Waals surface area contributed by atoms with E-state index in [4.69, 9.17) is 15.9 Å². The predicted octanol–water partition coefficient (Wildman–Crippen LogP) is 3.63. The van der Waals surface area contributed by atoms with Crippen LogP contribution in [0.4, 0.5) is 0 Å². The molecule has 0 aliphatic rings. The molecule has 0 unspecified atom stereocenters. The Morgan fingerprint density at radius 2 is 1.84 bits per heavy atom. The second-order valence-electron chi connectivity index (χ2n) is 5.72. The average molecular weight is 332 g/mol. The molecule has 25 heavy (non-hydrogen) atoms. The molecule has 0 radical (unpaired) electrons. The number of nitrogens with two attached hydrogens (primary N) is 1. The predicted molar refractivity (Wildman–Crippen MR) is 102 cm³/mol. The SMILES string of the molecule is C/C(=N/NC(=N)N)c1cccc(OCc2ccc3ccccc3c2)c1. The Morgan fingerprint density at radius 3 is 2.64 bits per heavy atom. The van der Waals surface area contributed by atoms with Crippen LogP contribution in [0.5, 0.6) is 5.75 Å². The second-order valence-corrected chi connectivity index (χ2v) is 5.72. The minimum Gasteiger partial charge on any atom is -0.489 e. The summed E-state index contributed by atoms with van der Waals surface area (Å²) in [6.45, 7) is 2.34. The van der Waals surface area contributed by atoms with E-state index < -0.39 is 0 Å². The van der Waals surface area contributed by atoms with Gasteiger partial charge < -0.3 is 10.5 Å². The zero-order chi connectivity index (χ0) is 17.6. The Kier molecular flexibility index (Phi) is 4.95. The monoisotopic (exact) mass is 332 g/mol. The summed E-state index contributed by atoms with van der Waals surface area (Å²) in [5.74, 6) is 0.575. The molecule has 3 aromatic rings. The smallest absolute Gasteiger partial charge is 0.206 e. The lowest BCUT2D eigenvalue weighted by Gasteiger charge is -2.09. The Balaban J connectivity index is 1.71. The summed E-state index contributed by atoms with van der Waals surface area (Å²) >= 11 is 0. The molecular weight excluding hydrogens is 312 g/mol. The van der Waals surface area contributed by atoms with Crippen molar-refractivity contribution in [1.82, 2.24) is 5.43 Å². The lowest BCUT2D eigenvalue weighted by molar-refractivity contribution is 0.306. The van der Waals surface area contributed by atoms with Crippen LogP contribution in [0, 0.1) is 5.41 Å². The summed E-state index contributed by atoms with van der Waals surface area (Å²) in [5.41, 5.74) is 10.4. The summed E-state index contributed by atoms with van der Waals surface area (Å²) in [6, 6.07) is 22.3. The average Bonchev–Trinajstić information content (AvgIpc) is 2.64. The number of hydrazone groups is 1. The molecule has 5 heteroatoms. The number of hydrogen-bond acceptors (Lipinski definition) is 3. The fourth-order valence-corrected chi connectivity index (χ4v) is 2.51. The molecule has 0 saturated heterocycles. The molecular formula is C20H20N4O. The molecule has 126 valence electrons. The molecule has 3 aromatic carbocycles. The highest BCUT2D eigenvalue weighted by molar-refractivity contribution is 5.99. The molecule has 4 N–H and O–H groups in total. The van der Waals surface area contributed by atoms with E-state index in [-0.39, 0.29) is 5.96 Å². The van der Waals surface area contributed by atoms with Gasteiger partial charge in [-0.3, -0.25) is 5.41 Å². The number of rotatable bonds is 5. The van der Waals surface area contributed by atoms with Gasteiger partial charge in [-0.1, -0.05) is 48.5 Å². The molecule has 0 fully saturated rings. The summed E-state index contributed by atoms with van der Waals surface area (Å²) in [7, 11) is 0. The Hall–Kier alpha value is -3.34. The van der Waals surface area contributed by atoms with E-state index in [2.05, 4.69) is 40.9 Å². The Bertz CT molecular complexity index is 934. The Labute approximate surface area is 146 Å². The van der Waals surface area contributed by atoms with Gasteiger partial charge in [-0.25, -0.2) is 5.43 Å². The van der Waals surface area contributed by atoms with Crippen LogP contribution in [0.2, 0.25) is 0 Å². The van der Waals surface area contributed by atoms with E-state index in [1.54, 1.807) is 0 Å².